The van der Waals surface area contributed by atoms with E-state index >= 15 is 0 Å². The maximum atomic E-state index is 12.7. The zero-order chi connectivity index (χ0) is 13.0. The highest BCUT2D eigenvalue weighted by Gasteiger charge is 2.19. The Hall–Kier alpha value is -1.55. The minimum absolute atomic E-state index is 0.0479. The molecule has 0 saturated carbocycles. The minimum Gasteiger partial charge on any atom is -0.469 e. The maximum absolute atomic E-state index is 12.7. The summed E-state index contributed by atoms with van der Waals surface area (Å²) in [7, 11) is 1.15. The molecule has 7 heteroatoms. The average Bonchev–Trinajstić information content (AvgIpc) is 2.30. The number of esters is 1. The van der Waals surface area contributed by atoms with Crippen molar-refractivity contribution < 1.29 is 18.3 Å². The highest BCUT2D eigenvalue weighted by atomic mass is 79.9. The summed E-state index contributed by atoms with van der Waals surface area (Å²) in [5, 5.41) is 8.72. The average molecular weight is 305 g/mol. The van der Waals surface area contributed by atoms with Gasteiger partial charge in [-0.25, -0.2) is 13.8 Å². The van der Waals surface area contributed by atoms with E-state index in [9.17, 15) is 13.6 Å². The number of nitriles is 1. The van der Waals surface area contributed by atoms with Crippen molar-refractivity contribution in [2.45, 2.75) is 12.8 Å². The van der Waals surface area contributed by atoms with Gasteiger partial charge in [0.05, 0.1) is 23.7 Å². The molecule has 0 amide bonds. The monoisotopic (exact) mass is 304 g/mol. The summed E-state index contributed by atoms with van der Waals surface area (Å²) in [6.07, 6.45) is -3.16. The summed E-state index contributed by atoms with van der Waals surface area (Å²) in [6, 6.07) is 2.83. The van der Waals surface area contributed by atoms with Crippen LogP contribution in [0.2, 0.25) is 0 Å². The van der Waals surface area contributed by atoms with Crippen molar-refractivity contribution in [3.8, 4) is 6.07 Å². The number of carbonyl (C=O) groups is 1. The third kappa shape index (κ3) is 3.20. The van der Waals surface area contributed by atoms with Crippen LogP contribution in [0.4, 0.5) is 8.78 Å². The Morgan fingerprint density at radius 2 is 2.35 bits per heavy atom. The molecular weight excluding hydrogens is 298 g/mol. The van der Waals surface area contributed by atoms with E-state index in [4.69, 9.17) is 5.26 Å². The summed E-state index contributed by atoms with van der Waals surface area (Å²) >= 11 is 2.96. The fraction of sp³-hybridized carbons (Fsp3) is 0.300. The normalized spacial score (nSPS) is 10.1. The number of rotatable bonds is 3. The van der Waals surface area contributed by atoms with Crippen molar-refractivity contribution in [2.24, 2.45) is 0 Å². The molecule has 0 aromatic carbocycles. The molecule has 1 rings (SSSR count). The number of aromatic nitrogens is 1. The second kappa shape index (κ2) is 5.68. The third-order valence-electron chi connectivity index (χ3n) is 1.97. The first-order valence-corrected chi connectivity index (χ1v) is 5.23. The molecular formula is C10H7BrF2N2O2. The molecule has 1 aromatic rings. The van der Waals surface area contributed by atoms with Gasteiger partial charge in [-0.1, -0.05) is 0 Å². The molecule has 4 nitrogen and oxygen atoms in total. The van der Waals surface area contributed by atoms with Gasteiger partial charge < -0.3 is 4.74 Å². The fourth-order valence-electron chi connectivity index (χ4n) is 1.16. The highest BCUT2D eigenvalue weighted by molar-refractivity contribution is 9.10. The Kier molecular flexibility index (Phi) is 4.52. The zero-order valence-corrected chi connectivity index (χ0v) is 10.3. The van der Waals surface area contributed by atoms with Gasteiger partial charge in [-0.15, -0.1) is 0 Å². The lowest BCUT2D eigenvalue weighted by Crippen LogP contribution is -2.10. The fourth-order valence-corrected chi connectivity index (χ4v) is 1.58. The topological polar surface area (TPSA) is 63.0 Å². The molecule has 17 heavy (non-hydrogen) atoms. The van der Waals surface area contributed by atoms with Crippen LogP contribution in [-0.4, -0.2) is 18.1 Å². The second-order valence-electron chi connectivity index (χ2n) is 3.02. The van der Waals surface area contributed by atoms with Gasteiger partial charge in [0.25, 0.3) is 6.43 Å². The van der Waals surface area contributed by atoms with Crippen LogP contribution in [0.15, 0.2) is 10.5 Å². The van der Waals surface area contributed by atoms with E-state index < -0.39 is 18.8 Å². The van der Waals surface area contributed by atoms with Crippen LogP contribution in [0.1, 0.15) is 23.4 Å². The number of pyridine rings is 1. The van der Waals surface area contributed by atoms with Gasteiger partial charge in [-0.2, -0.15) is 5.26 Å². The summed E-state index contributed by atoms with van der Waals surface area (Å²) in [5.41, 5.74) is -0.582. The van der Waals surface area contributed by atoms with E-state index in [1.54, 1.807) is 6.07 Å². The number of hydrogen-bond acceptors (Lipinski definition) is 4. The Morgan fingerprint density at radius 1 is 1.71 bits per heavy atom. The summed E-state index contributed by atoms with van der Waals surface area (Å²) < 4.78 is 29.9. The number of halogens is 3. The van der Waals surface area contributed by atoms with Crippen molar-refractivity contribution >= 4 is 21.9 Å². The van der Waals surface area contributed by atoms with Crippen molar-refractivity contribution in [1.29, 1.82) is 5.26 Å². The highest BCUT2D eigenvalue weighted by Crippen LogP contribution is 2.27. The van der Waals surface area contributed by atoms with Gasteiger partial charge in [-0.05, 0) is 22.0 Å². The molecule has 0 fully saturated rings. The van der Waals surface area contributed by atoms with E-state index in [-0.39, 0.29) is 21.4 Å². The SMILES string of the molecule is COC(=O)Cc1nc(C#N)c(Br)cc1C(F)F. The quantitative estimate of drug-likeness (QED) is 0.804. The Bertz CT molecular complexity index is 486. The molecule has 0 radical (unpaired) electrons. The second-order valence-corrected chi connectivity index (χ2v) is 3.87. The van der Waals surface area contributed by atoms with E-state index in [1.165, 1.54) is 0 Å². The van der Waals surface area contributed by atoms with Gasteiger partial charge >= 0.3 is 5.97 Å². The molecule has 0 aliphatic heterocycles. The Labute approximate surface area is 104 Å². The smallest absolute Gasteiger partial charge is 0.311 e. The lowest BCUT2D eigenvalue weighted by atomic mass is 10.1. The van der Waals surface area contributed by atoms with Crippen molar-refractivity contribution in [1.82, 2.24) is 4.98 Å². The van der Waals surface area contributed by atoms with E-state index in [0.29, 0.717) is 0 Å². The number of nitrogens with zero attached hydrogens (tertiary/aromatic N) is 2. The predicted molar refractivity (Wildman–Crippen MR) is 57.3 cm³/mol. The Balaban J connectivity index is 3.25. The van der Waals surface area contributed by atoms with Crippen LogP contribution >= 0.6 is 15.9 Å². The first-order valence-electron chi connectivity index (χ1n) is 4.44. The van der Waals surface area contributed by atoms with Crippen LogP contribution in [-0.2, 0) is 16.0 Å². The number of hydrogen-bond donors (Lipinski definition) is 0. The van der Waals surface area contributed by atoms with Crippen molar-refractivity contribution in [2.75, 3.05) is 7.11 Å². The van der Waals surface area contributed by atoms with E-state index in [0.717, 1.165) is 13.2 Å². The van der Waals surface area contributed by atoms with Gasteiger partial charge in [-0.3, -0.25) is 4.79 Å². The molecule has 1 aromatic heterocycles. The number of carbonyl (C=O) groups excluding carboxylic acids is 1. The molecule has 0 aliphatic carbocycles. The minimum atomic E-state index is -2.77. The van der Waals surface area contributed by atoms with Crippen molar-refractivity contribution in [3.63, 3.8) is 0 Å². The van der Waals surface area contributed by atoms with Gasteiger partial charge in [0.1, 0.15) is 6.07 Å². The first kappa shape index (κ1) is 13.5. The zero-order valence-electron chi connectivity index (χ0n) is 8.71. The molecule has 1 heterocycles. The number of alkyl halides is 2. The number of ether oxygens (including phenoxy) is 1. The van der Waals surface area contributed by atoms with Crippen LogP contribution in [0.3, 0.4) is 0 Å². The third-order valence-corrected chi connectivity index (χ3v) is 2.57. The van der Waals surface area contributed by atoms with Crippen molar-refractivity contribution in [3.05, 3.63) is 27.5 Å². The molecule has 0 unspecified atom stereocenters. The van der Waals surface area contributed by atoms with Crippen LogP contribution < -0.4 is 0 Å². The number of methoxy groups -OCH3 is 1. The van der Waals surface area contributed by atoms with E-state index in [2.05, 4.69) is 25.7 Å². The van der Waals surface area contributed by atoms with Crippen LogP contribution in [0, 0.1) is 11.3 Å². The van der Waals surface area contributed by atoms with Gasteiger partial charge in [0.2, 0.25) is 0 Å². The lowest BCUT2D eigenvalue weighted by molar-refractivity contribution is -0.139. The molecule has 0 saturated heterocycles. The first-order chi connectivity index (χ1) is 7.99. The molecule has 0 N–H and O–H groups in total. The maximum Gasteiger partial charge on any atom is 0.311 e. The largest absolute Gasteiger partial charge is 0.469 e. The molecule has 0 atom stereocenters. The van der Waals surface area contributed by atoms with Crippen LogP contribution in [0.25, 0.3) is 0 Å². The summed E-state index contributed by atoms with van der Waals surface area (Å²) in [4.78, 5) is 14.7. The van der Waals surface area contributed by atoms with E-state index in [1.807, 2.05) is 0 Å². The molecule has 0 bridgehead atoms. The Morgan fingerprint density at radius 3 is 2.82 bits per heavy atom. The van der Waals surface area contributed by atoms with Gasteiger partial charge in [0, 0.05) is 5.56 Å². The lowest BCUT2D eigenvalue weighted by Gasteiger charge is -2.08. The summed E-state index contributed by atoms with van der Waals surface area (Å²) in [5.74, 6) is -0.689. The molecule has 0 spiro atoms. The molecule has 0 aliphatic rings. The molecule has 90 valence electrons. The standard InChI is InChI=1S/C10H7BrF2N2O2/c1-17-9(16)3-7-5(10(12)13)2-6(11)8(4-14)15-7/h2,10H,3H2,1H3. The summed E-state index contributed by atoms with van der Waals surface area (Å²) in [6.45, 7) is 0. The van der Waals surface area contributed by atoms with Gasteiger partial charge in [0.15, 0.2) is 5.69 Å². The predicted octanol–water partition coefficient (Wildman–Crippen LogP) is 2.37. The van der Waals surface area contributed by atoms with Crippen LogP contribution in [0.5, 0.6) is 0 Å².